The predicted molar refractivity (Wildman–Crippen MR) is 101 cm³/mol. The molecule has 0 bridgehead atoms. The lowest BCUT2D eigenvalue weighted by Gasteiger charge is -2.09. The van der Waals surface area contributed by atoms with Crippen LogP contribution in [0.15, 0.2) is 48.5 Å². The number of hydrogen-bond acceptors (Lipinski definition) is 4. The standard InChI is InChI=1S/C20H21N3O3/c1-3-18(24)14-9-11-15(12-10-14)26-13-19(25)22-20-21-16-7-5-6-8-17(16)23(20)4-2/h5-12H,3-4,13H2,1-2H3,(H,21,22,25). The molecule has 2 aromatic carbocycles. The first-order valence-electron chi connectivity index (χ1n) is 8.63. The third-order valence-corrected chi connectivity index (χ3v) is 4.09. The quantitative estimate of drug-likeness (QED) is 0.659. The molecule has 0 saturated carbocycles. The summed E-state index contributed by atoms with van der Waals surface area (Å²) in [6.07, 6.45) is 0.459. The Kier molecular flexibility index (Phi) is 5.31. The van der Waals surface area contributed by atoms with Crippen LogP contribution in [0.4, 0.5) is 5.95 Å². The molecule has 0 atom stereocenters. The van der Waals surface area contributed by atoms with Crippen molar-refractivity contribution < 1.29 is 14.3 Å². The SMILES string of the molecule is CCC(=O)c1ccc(OCC(=O)Nc2nc3ccccc3n2CC)cc1. The molecule has 0 spiro atoms. The van der Waals surface area contributed by atoms with Crippen LogP contribution < -0.4 is 10.1 Å². The molecule has 6 heteroatoms. The van der Waals surface area contributed by atoms with Crippen molar-refractivity contribution in [3.63, 3.8) is 0 Å². The van der Waals surface area contributed by atoms with Gasteiger partial charge < -0.3 is 9.30 Å². The Balaban J connectivity index is 1.63. The number of benzene rings is 2. The molecule has 1 amide bonds. The smallest absolute Gasteiger partial charge is 0.264 e. The highest BCUT2D eigenvalue weighted by Crippen LogP contribution is 2.19. The fourth-order valence-corrected chi connectivity index (χ4v) is 2.74. The Morgan fingerprint density at radius 2 is 1.81 bits per heavy atom. The average molecular weight is 351 g/mol. The molecule has 134 valence electrons. The number of hydrogen-bond donors (Lipinski definition) is 1. The summed E-state index contributed by atoms with van der Waals surface area (Å²) in [5.41, 5.74) is 2.45. The maximum Gasteiger partial charge on any atom is 0.264 e. The van der Waals surface area contributed by atoms with E-state index in [1.807, 2.05) is 42.7 Å². The number of imidazole rings is 1. The van der Waals surface area contributed by atoms with Crippen LogP contribution in [0.1, 0.15) is 30.6 Å². The van der Waals surface area contributed by atoms with Gasteiger partial charge in [0, 0.05) is 18.5 Å². The minimum absolute atomic E-state index is 0.0766. The molecule has 0 aliphatic rings. The molecule has 0 saturated heterocycles. The van der Waals surface area contributed by atoms with Crippen molar-refractivity contribution in [3.05, 3.63) is 54.1 Å². The van der Waals surface area contributed by atoms with Crippen molar-refractivity contribution in [1.29, 1.82) is 0 Å². The zero-order chi connectivity index (χ0) is 18.5. The summed E-state index contributed by atoms with van der Waals surface area (Å²) >= 11 is 0. The molecule has 0 radical (unpaired) electrons. The van der Waals surface area contributed by atoms with E-state index in [9.17, 15) is 9.59 Å². The Morgan fingerprint density at radius 1 is 1.08 bits per heavy atom. The van der Waals surface area contributed by atoms with Crippen LogP contribution in [0.25, 0.3) is 11.0 Å². The number of anilines is 1. The molecule has 26 heavy (non-hydrogen) atoms. The van der Waals surface area contributed by atoms with Gasteiger partial charge in [0.2, 0.25) is 5.95 Å². The van der Waals surface area contributed by atoms with E-state index in [0.717, 1.165) is 11.0 Å². The normalized spacial score (nSPS) is 10.7. The number of rotatable bonds is 7. The van der Waals surface area contributed by atoms with Gasteiger partial charge in [-0.3, -0.25) is 14.9 Å². The third kappa shape index (κ3) is 3.74. The van der Waals surface area contributed by atoms with Gasteiger partial charge in [0.15, 0.2) is 12.4 Å². The molecule has 3 aromatic rings. The van der Waals surface area contributed by atoms with Gasteiger partial charge >= 0.3 is 0 Å². The van der Waals surface area contributed by atoms with Crippen molar-refractivity contribution >= 4 is 28.7 Å². The maximum absolute atomic E-state index is 12.2. The van der Waals surface area contributed by atoms with Gasteiger partial charge in [0.1, 0.15) is 5.75 Å². The Hall–Kier alpha value is -3.15. The number of carbonyl (C=O) groups is 2. The number of nitrogens with zero attached hydrogens (tertiary/aromatic N) is 2. The molecule has 6 nitrogen and oxygen atoms in total. The van der Waals surface area contributed by atoms with Crippen LogP contribution in [-0.4, -0.2) is 27.8 Å². The lowest BCUT2D eigenvalue weighted by Crippen LogP contribution is -2.22. The summed E-state index contributed by atoms with van der Waals surface area (Å²) in [6.45, 7) is 4.39. The molecule has 0 fully saturated rings. The lowest BCUT2D eigenvalue weighted by molar-refractivity contribution is -0.118. The fourth-order valence-electron chi connectivity index (χ4n) is 2.74. The van der Waals surface area contributed by atoms with Gasteiger partial charge in [0.05, 0.1) is 11.0 Å². The minimum atomic E-state index is -0.288. The van der Waals surface area contributed by atoms with Gasteiger partial charge in [-0.25, -0.2) is 4.98 Å². The molecular weight excluding hydrogens is 330 g/mol. The van der Waals surface area contributed by atoms with Crippen molar-refractivity contribution in [2.75, 3.05) is 11.9 Å². The van der Waals surface area contributed by atoms with Crippen molar-refractivity contribution in [3.8, 4) is 5.75 Å². The fraction of sp³-hybridized carbons (Fsp3) is 0.250. The highest BCUT2D eigenvalue weighted by molar-refractivity contribution is 5.96. The zero-order valence-electron chi connectivity index (χ0n) is 14.9. The maximum atomic E-state index is 12.2. The van der Waals surface area contributed by atoms with E-state index in [0.29, 0.717) is 30.2 Å². The molecule has 0 unspecified atom stereocenters. The molecule has 1 aromatic heterocycles. The number of amides is 1. The number of aryl methyl sites for hydroxylation is 1. The number of ketones is 1. The molecule has 1 N–H and O–H groups in total. The van der Waals surface area contributed by atoms with Crippen LogP contribution in [0.3, 0.4) is 0 Å². The van der Waals surface area contributed by atoms with Crippen LogP contribution in [0.5, 0.6) is 5.75 Å². The number of ether oxygens (including phenoxy) is 1. The Labute approximate surface area is 151 Å². The van der Waals surface area contributed by atoms with E-state index >= 15 is 0 Å². The van der Waals surface area contributed by atoms with Crippen molar-refractivity contribution in [2.24, 2.45) is 0 Å². The summed E-state index contributed by atoms with van der Waals surface area (Å²) in [5.74, 6) is 0.833. The first kappa shape index (κ1) is 17.7. The predicted octanol–water partition coefficient (Wildman–Crippen LogP) is 3.67. The third-order valence-electron chi connectivity index (χ3n) is 4.09. The first-order valence-corrected chi connectivity index (χ1v) is 8.63. The summed E-state index contributed by atoms with van der Waals surface area (Å²) < 4.78 is 7.44. The van der Waals surface area contributed by atoms with Crippen LogP contribution >= 0.6 is 0 Å². The second kappa shape index (κ2) is 7.82. The first-order chi connectivity index (χ1) is 12.6. The number of Topliss-reactive ketones (excluding diaryl/α,β-unsaturated/α-hetero) is 1. The molecule has 1 heterocycles. The van der Waals surface area contributed by atoms with E-state index in [1.54, 1.807) is 24.3 Å². The molecule has 0 aliphatic heterocycles. The van der Waals surface area contributed by atoms with E-state index < -0.39 is 0 Å². The summed E-state index contributed by atoms with van der Waals surface area (Å²) in [7, 11) is 0. The molecule has 0 aliphatic carbocycles. The number of aromatic nitrogens is 2. The van der Waals surface area contributed by atoms with Crippen LogP contribution in [0, 0.1) is 0 Å². The van der Waals surface area contributed by atoms with Gasteiger partial charge in [-0.15, -0.1) is 0 Å². The monoisotopic (exact) mass is 351 g/mol. The summed E-state index contributed by atoms with van der Waals surface area (Å²) in [5, 5.41) is 2.79. The Bertz CT molecular complexity index is 929. The number of carbonyl (C=O) groups excluding carboxylic acids is 2. The van der Waals surface area contributed by atoms with Crippen LogP contribution in [0.2, 0.25) is 0 Å². The number of nitrogens with one attached hydrogen (secondary N) is 1. The second-order valence-corrected chi connectivity index (χ2v) is 5.81. The summed E-state index contributed by atoms with van der Waals surface area (Å²) in [4.78, 5) is 28.3. The van der Waals surface area contributed by atoms with E-state index in [1.165, 1.54) is 0 Å². The Morgan fingerprint density at radius 3 is 2.50 bits per heavy atom. The molecule has 3 rings (SSSR count). The van der Waals surface area contributed by atoms with Gasteiger partial charge in [-0.05, 0) is 43.3 Å². The minimum Gasteiger partial charge on any atom is -0.484 e. The van der Waals surface area contributed by atoms with Gasteiger partial charge in [-0.1, -0.05) is 19.1 Å². The van der Waals surface area contributed by atoms with E-state index in [-0.39, 0.29) is 18.3 Å². The van der Waals surface area contributed by atoms with E-state index in [2.05, 4.69) is 10.3 Å². The van der Waals surface area contributed by atoms with Crippen molar-refractivity contribution in [2.45, 2.75) is 26.8 Å². The summed E-state index contributed by atoms with van der Waals surface area (Å²) in [6, 6.07) is 14.5. The lowest BCUT2D eigenvalue weighted by atomic mass is 10.1. The zero-order valence-corrected chi connectivity index (χ0v) is 14.9. The van der Waals surface area contributed by atoms with Gasteiger partial charge in [-0.2, -0.15) is 0 Å². The number of para-hydroxylation sites is 2. The highest BCUT2D eigenvalue weighted by Gasteiger charge is 2.12. The van der Waals surface area contributed by atoms with Crippen LogP contribution in [-0.2, 0) is 11.3 Å². The highest BCUT2D eigenvalue weighted by atomic mass is 16.5. The molecular formula is C20H21N3O3. The van der Waals surface area contributed by atoms with Crippen molar-refractivity contribution in [1.82, 2.24) is 9.55 Å². The second-order valence-electron chi connectivity index (χ2n) is 5.81. The number of fused-ring (bicyclic) bond motifs is 1. The largest absolute Gasteiger partial charge is 0.484 e. The van der Waals surface area contributed by atoms with E-state index in [4.69, 9.17) is 4.74 Å². The topological polar surface area (TPSA) is 73.2 Å². The van der Waals surface area contributed by atoms with Gasteiger partial charge in [0.25, 0.3) is 5.91 Å². The average Bonchev–Trinajstić information content (AvgIpc) is 3.03.